The Labute approximate surface area is 96.9 Å². The van der Waals surface area contributed by atoms with Crippen molar-refractivity contribution in [2.24, 2.45) is 0 Å². The van der Waals surface area contributed by atoms with Crippen molar-refractivity contribution in [2.75, 3.05) is 13.3 Å². The molecule has 0 spiro atoms. The monoisotopic (exact) mass is 269 g/mol. The van der Waals surface area contributed by atoms with E-state index >= 15 is 0 Å². The first-order valence-corrected chi connectivity index (χ1v) is 5.96. The third-order valence-corrected chi connectivity index (χ3v) is 3.50. The van der Waals surface area contributed by atoms with Crippen LogP contribution in [0.5, 0.6) is 11.5 Å². The molecule has 0 bridgehead atoms. The summed E-state index contributed by atoms with van der Waals surface area (Å²) < 4.78 is 11.7. The van der Waals surface area contributed by atoms with E-state index in [0.29, 0.717) is 12.8 Å². The maximum absolute atomic E-state index is 5.40. The Morgan fingerprint density at radius 1 is 1.33 bits per heavy atom. The average Bonchev–Trinajstić information content (AvgIpc) is 2.88. The molecule has 0 aromatic heterocycles. The van der Waals surface area contributed by atoms with Crippen LogP contribution in [0.25, 0.3) is 0 Å². The lowest BCUT2D eigenvalue weighted by Gasteiger charge is -2.12. The number of fused-ring (bicyclic) bond motifs is 1. The molecular weight excluding hydrogens is 258 g/mol. The largest absolute Gasteiger partial charge is 0.454 e. The molecule has 1 fully saturated rings. The highest BCUT2D eigenvalue weighted by Gasteiger charge is 2.22. The van der Waals surface area contributed by atoms with E-state index in [-0.39, 0.29) is 0 Å². The molecule has 15 heavy (non-hydrogen) atoms. The van der Waals surface area contributed by atoms with Gasteiger partial charge >= 0.3 is 0 Å². The van der Waals surface area contributed by atoms with E-state index in [0.717, 1.165) is 22.5 Å². The lowest BCUT2D eigenvalue weighted by molar-refractivity contribution is 0.173. The molecule has 1 aromatic carbocycles. The van der Waals surface area contributed by atoms with Gasteiger partial charge in [0.15, 0.2) is 11.5 Å². The summed E-state index contributed by atoms with van der Waals surface area (Å²) in [6, 6.07) is 4.67. The Hall–Kier alpha value is -0.740. The smallest absolute Gasteiger partial charge is 0.231 e. The van der Waals surface area contributed by atoms with Gasteiger partial charge in [-0.25, -0.2) is 0 Å². The second kappa shape index (κ2) is 3.68. The van der Waals surface area contributed by atoms with Gasteiger partial charge in [0.2, 0.25) is 6.79 Å². The van der Waals surface area contributed by atoms with Gasteiger partial charge in [-0.15, -0.1) is 0 Å². The first-order chi connectivity index (χ1) is 7.34. The number of benzene rings is 1. The van der Waals surface area contributed by atoms with Gasteiger partial charge < -0.3 is 14.8 Å². The van der Waals surface area contributed by atoms with Crippen molar-refractivity contribution < 1.29 is 9.47 Å². The van der Waals surface area contributed by atoms with Crippen molar-refractivity contribution in [3.63, 3.8) is 0 Å². The second-order valence-electron chi connectivity index (χ2n) is 3.89. The molecule has 4 heteroatoms. The summed E-state index contributed by atoms with van der Waals surface area (Å²) in [5.41, 5.74) is 1.28. The number of hydrogen-bond acceptors (Lipinski definition) is 3. The van der Waals surface area contributed by atoms with E-state index in [4.69, 9.17) is 9.47 Å². The molecule has 80 valence electrons. The zero-order valence-corrected chi connectivity index (χ0v) is 9.84. The summed E-state index contributed by atoms with van der Waals surface area (Å²) >= 11 is 3.51. The minimum Gasteiger partial charge on any atom is -0.454 e. The summed E-state index contributed by atoms with van der Waals surface area (Å²) in [7, 11) is 0. The van der Waals surface area contributed by atoms with Gasteiger partial charge in [-0.2, -0.15) is 0 Å². The molecule has 2 aliphatic heterocycles. The number of halogens is 1. The van der Waals surface area contributed by atoms with Crippen LogP contribution in [0.4, 0.5) is 0 Å². The topological polar surface area (TPSA) is 30.5 Å². The predicted molar refractivity (Wildman–Crippen MR) is 60.2 cm³/mol. The first-order valence-electron chi connectivity index (χ1n) is 5.17. The Morgan fingerprint density at radius 2 is 2.27 bits per heavy atom. The molecule has 2 aliphatic rings. The van der Waals surface area contributed by atoms with Crippen LogP contribution in [0.2, 0.25) is 0 Å². The van der Waals surface area contributed by atoms with Gasteiger partial charge in [0.1, 0.15) is 0 Å². The van der Waals surface area contributed by atoms with Crippen LogP contribution in [0.15, 0.2) is 16.6 Å². The summed E-state index contributed by atoms with van der Waals surface area (Å²) in [6.45, 7) is 1.44. The summed E-state index contributed by atoms with van der Waals surface area (Å²) in [6.07, 6.45) is 2.45. The van der Waals surface area contributed by atoms with Gasteiger partial charge in [0.25, 0.3) is 0 Å². The standard InChI is InChI=1S/C11H12BrNO2/c12-8-4-7(9-2-1-3-13-9)5-10-11(8)15-6-14-10/h4-5,9,13H,1-3,6H2. The highest BCUT2D eigenvalue weighted by molar-refractivity contribution is 9.10. The van der Waals surface area contributed by atoms with E-state index in [2.05, 4.69) is 33.4 Å². The predicted octanol–water partition coefficient (Wildman–Crippen LogP) is 2.60. The minimum atomic E-state index is 0.329. The average molecular weight is 270 g/mol. The molecule has 0 amide bonds. The number of hydrogen-bond donors (Lipinski definition) is 1. The molecule has 0 radical (unpaired) electrons. The molecule has 1 aromatic rings. The summed E-state index contributed by atoms with van der Waals surface area (Å²) in [5.74, 6) is 1.69. The van der Waals surface area contributed by atoms with Crippen molar-refractivity contribution in [3.8, 4) is 11.5 Å². The van der Waals surface area contributed by atoms with Crippen LogP contribution in [0, 0.1) is 0 Å². The Balaban J connectivity index is 1.99. The van der Waals surface area contributed by atoms with E-state index in [9.17, 15) is 0 Å². The van der Waals surface area contributed by atoms with Gasteiger partial charge in [0, 0.05) is 6.04 Å². The minimum absolute atomic E-state index is 0.329. The second-order valence-corrected chi connectivity index (χ2v) is 4.74. The fourth-order valence-corrected chi connectivity index (χ4v) is 2.73. The lowest BCUT2D eigenvalue weighted by Crippen LogP contribution is -2.12. The Kier molecular flexibility index (Phi) is 2.33. The van der Waals surface area contributed by atoms with Crippen molar-refractivity contribution >= 4 is 15.9 Å². The molecule has 3 rings (SSSR count). The van der Waals surface area contributed by atoms with Crippen LogP contribution in [0.1, 0.15) is 24.4 Å². The molecule has 1 N–H and O–H groups in total. The van der Waals surface area contributed by atoms with Gasteiger partial charge in [-0.1, -0.05) is 0 Å². The van der Waals surface area contributed by atoms with Crippen LogP contribution in [-0.2, 0) is 0 Å². The first kappa shape index (κ1) is 9.48. The molecule has 1 unspecified atom stereocenters. The molecule has 2 heterocycles. The molecule has 3 nitrogen and oxygen atoms in total. The molecule has 0 aliphatic carbocycles. The van der Waals surface area contributed by atoms with Crippen molar-refractivity contribution in [1.29, 1.82) is 0 Å². The summed E-state index contributed by atoms with van der Waals surface area (Å²) in [4.78, 5) is 0. The number of nitrogens with one attached hydrogen (secondary N) is 1. The SMILES string of the molecule is Brc1cc(C2CCCN2)cc2c1OCO2. The number of rotatable bonds is 1. The van der Waals surface area contributed by atoms with Crippen LogP contribution in [0.3, 0.4) is 0 Å². The molecule has 1 saturated heterocycles. The van der Waals surface area contributed by atoms with E-state index < -0.39 is 0 Å². The van der Waals surface area contributed by atoms with Crippen LogP contribution >= 0.6 is 15.9 Å². The highest BCUT2D eigenvalue weighted by atomic mass is 79.9. The Morgan fingerprint density at radius 3 is 3.07 bits per heavy atom. The van der Waals surface area contributed by atoms with Crippen LogP contribution < -0.4 is 14.8 Å². The highest BCUT2D eigenvalue weighted by Crippen LogP contribution is 2.42. The maximum Gasteiger partial charge on any atom is 0.231 e. The fraction of sp³-hybridized carbons (Fsp3) is 0.455. The number of ether oxygens (including phenoxy) is 2. The third-order valence-electron chi connectivity index (χ3n) is 2.91. The van der Waals surface area contributed by atoms with E-state index in [1.54, 1.807) is 0 Å². The molecule has 1 atom stereocenters. The van der Waals surface area contributed by atoms with Crippen LogP contribution in [-0.4, -0.2) is 13.3 Å². The quantitative estimate of drug-likeness (QED) is 0.850. The zero-order chi connectivity index (χ0) is 10.3. The fourth-order valence-electron chi connectivity index (χ4n) is 2.16. The van der Waals surface area contributed by atoms with E-state index in [1.165, 1.54) is 18.4 Å². The van der Waals surface area contributed by atoms with Gasteiger partial charge in [0.05, 0.1) is 4.47 Å². The Bertz CT molecular complexity index is 388. The third kappa shape index (κ3) is 1.62. The normalized spacial score (nSPS) is 23.4. The summed E-state index contributed by atoms with van der Waals surface area (Å²) in [5, 5.41) is 3.47. The van der Waals surface area contributed by atoms with Gasteiger partial charge in [-0.05, 0) is 53.0 Å². The molecule has 0 saturated carbocycles. The van der Waals surface area contributed by atoms with Gasteiger partial charge in [-0.3, -0.25) is 0 Å². The van der Waals surface area contributed by atoms with Crippen molar-refractivity contribution in [1.82, 2.24) is 5.32 Å². The maximum atomic E-state index is 5.40. The van der Waals surface area contributed by atoms with Crippen molar-refractivity contribution in [2.45, 2.75) is 18.9 Å². The lowest BCUT2D eigenvalue weighted by atomic mass is 10.0. The molecular formula is C11H12BrNO2. The zero-order valence-electron chi connectivity index (χ0n) is 8.25. The van der Waals surface area contributed by atoms with E-state index in [1.807, 2.05) is 0 Å². The van der Waals surface area contributed by atoms with Crippen molar-refractivity contribution in [3.05, 3.63) is 22.2 Å².